The first-order valence-electron chi connectivity index (χ1n) is 7.60. The topological polar surface area (TPSA) is 105 Å². The van der Waals surface area contributed by atoms with Gasteiger partial charge in [-0.1, -0.05) is 17.7 Å². The van der Waals surface area contributed by atoms with E-state index in [2.05, 4.69) is 30.5 Å². The van der Waals surface area contributed by atoms with E-state index in [1.54, 1.807) is 18.5 Å². The molecule has 3 aromatic heterocycles. The molecule has 0 atom stereocenters. The quantitative estimate of drug-likeness (QED) is 0.521. The van der Waals surface area contributed by atoms with Crippen LogP contribution in [-0.4, -0.2) is 25.1 Å². The molecule has 124 valence electrons. The molecule has 4 N–H and O–H groups in total. The molecule has 4 aromatic rings. The largest absolute Gasteiger partial charge is 0.368 e. The van der Waals surface area contributed by atoms with Crippen molar-refractivity contribution in [3.8, 4) is 11.3 Å². The van der Waals surface area contributed by atoms with Gasteiger partial charge >= 0.3 is 0 Å². The number of halogens is 1. The number of hydrogen-bond donors (Lipinski definition) is 3. The van der Waals surface area contributed by atoms with E-state index >= 15 is 0 Å². The fourth-order valence-corrected chi connectivity index (χ4v) is 2.66. The monoisotopic (exact) mass is 351 g/mol. The number of rotatable bonds is 4. The Bertz CT molecular complexity index is 1010. The molecule has 0 bridgehead atoms. The Hall–Kier alpha value is -3.19. The maximum Gasteiger partial charge on any atom is 0.222 e. The van der Waals surface area contributed by atoms with Crippen molar-refractivity contribution < 1.29 is 0 Å². The SMILES string of the molecule is Nc1nc(NCc2ccc(Cl)cn2)c2ccc(-c3ccn[nH]3)cc2n1. The van der Waals surface area contributed by atoms with Crippen molar-refractivity contribution in [1.82, 2.24) is 25.1 Å². The van der Waals surface area contributed by atoms with Gasteiger partial charge in [0.1, 0.15) is 5.82 Å². The highest BCUT2D eigenvalue weighted by Crippen LogP contribution is 2.26. The molecule has 8 heteroatoms. The van der Waals surface area contributed by atoms with Gasteiger partial charge in [0.2, 0.25) is 5.95 Å². The summed E-state index contributed by atoms with van der Waals surface area (Å²) < 4.78 is 0. The Labute approximate surface area is 148 Å². The van der Waals surface area contributed by atoms with E-state index in [9.17, 15) is 0 Å². The second-order valence-corrected chi connectivity index (χ2v) is 5.89. The number of pyridine rings is 1. The molecule has 0 unspecified atom stereocenters. The molecule has 0 fully saturated rings. The lowest BCUT2D eigenvalue weighted by molar-refractivity contribution is 1.03. The molecular weight excluding hydrogens is 338 g/mol. The van der Waals surface area contributed by atoms with Crippen molar-refractivity contribution >= 4 is 34.3 Å². The van der Waals surface area contributed by atoms with E-state index in [0.29, 0.717) is 17.4 Å². The number of hydrogen-bond acceptors (Lipinski definition) is 6. The summed E-state index contributed by atoms with van der Waals surface area (Å²) in [6.07, 6.45) is 3.32. The summed E-state index contributed by atoms with van der Waals surface area (Å²) in [5.41, 5.74) is 9.37. The van der Waals surface area contributed by atoms with E-state index in [-0.39, 0.29) is 5.95 Å². The van der Waals surface area contributed by atoms with Crippen LogP contribution >= 0.6 is 11.6 Å². The number of nitrogens with zero attached hydrogens (tertiary/aromatic N) is 4. The van der Waals surface area contributed by atoms with Gasteiger partial charge in [0.15, 0.2) is 0 Å². The van der Waals surface area contributed by atoms with Crippen LogP contribution in [0.4, 0.5) is 11.8 Å². The van der Waals surface area contributed by atoms with Crippen LogP contribution in [0.1, 0.15) is 5.69 Å². The smallest absolute Gasteiger partial charge is 0.222 e. The van der Waals surface area contributed by atoms with E-state index in [1.807, 2.05) is 30.3 Å². The minimum Gasteiger partial charge on any atom is -0.368 e. The lowest BCUT2D eigenvalue weighted by Gasteiger charge is -2.10. The summed E-state index contributed by atoms with van der Waals surface area (Å²) in [4.78, 5) is 12.9. The average molecular weight is 352 g/mol. The van der Waals surface area contributed by atoms with Gasteiger partial charge in [-0.05, 0) is 30.3 Å². The van der Waals surface area contributed by atoms with E-state index < -0.39 is 0 Å². The van der Waals surface area contributed by atoms with Gasteiger partial charge in [-0.25, -0.2) is 4.98 Å². The zero-order valence-electron chi connectivity index (χ0n) is 13.1. The van der Waals surface area contributed by atoms with Crippen molar-refractivity contribution in [2.75, 3.05) is 11.1 Å². The number of nitrogens with two attached hydrogens (primary N) is 1. The average Bonchev–Trinajstić information content (AvgIpc) is 3.15. The molecule has 7 nitrogen and oxygen atoms in total. The van der Waals surface area contributed by atoms with Gasteiger partial charge in [-0.15, -0.1) is 0 Å². The first-order chi connectivity index (χ1) is 12.2. The number of aromatic amines is 1. The third kappa shape index (κ3) is 3.22. The molecular formula is C17H14ClN7. The van der Waals surface area contributed by atoms with E-state index in [0.717, 1.165) is 27.9 Å². The van der Waals surface area contributed by atoms with Crippen LogP contribution in [0.25, 0.3) is 22.2 Å². The lowest BCUT2D eigenvalue weighted by Crippen LogP contribution is -2.06. The van der Waals surface area contributed by atoms with Crippen LogP contribution in [-0.2, 0) is 6.54 Å². The maximum absolute atomic E-state index is 5.87. The zero-order chi connectivity index (χ0) is 17.2. The van der Waals surface area contributed by atoms with Gasteiger partial charge in [0.25, 0.3) is 0 Å². The van der Waals surface area contributed by atoms with Gasteiger partial charge in [0.05, 0.1) is 28.5 Å². The second-order valence-electron chi connectivity index (χ2n) is 5.45. The van der Waals surface area contributed by atoms with Crippen LogP contribution in [0.5, 0.6) is 0 Å². The maximum atomic E-state index is 5.87. The third-order valence-electron chi connectivity index (χ3n) is 3.75. The van der Waals surface area contributed by atoms with Crippen molar-refractivity contribution in [2.24, 2.45) is 0 Å². The number of H-pyrrole nitrogens is 1. The molecule has 0 aliphatic rings. The van der Waals surface area contributed by atoms with Crippen molar-refractivity contribution in [3.05, 3.63) is 59.5 Å². The standard InChI is InChI=1S/C17H14ClN7/c18-11-2-3-12(20-8-11)9-21-16-13-4-1-10(14-5-6-22-25-14)7-15(13)23-17(19)24-16/h1-8H,9H2,(H,22,25)(H3,19,21,23,24). The van der Waals surface area contributed by atoms with Crippen LogP contribution in [0.3, 0.4) is 0 Å². The molecule has 0 radical (unpaired) electrons. The van der Waals surface area contributed by atoms with Crippen molar-refractivity contribution in [3.63, 3.8) is 0 Å². The first-order valence-corrected chi connectivity index (χ1v) is 7.98. The van der Waals surface area contributed by atoms with E-state index in [1.165, 1.54) is 0 Å². The summed E-state index contributed by atoms with van der Waals surface area (Å²) in [7, 11) is 0. The fraction of sp³-hybridized carbons (Fsp3) is 0.0588. The van der Waals surface area contributed by atoms with Crippen LogP contribution in [0.2, 0.25) is 5.02 Å². The summed E-state index contributed by atoms with van der Waals surface area (Å²) in [5, 5.41) is 11.7. The Balaban J connectivity index is 1.67. The summed E-state index contributed by atoms with van der Waals surface area (Å²) in [6, 6.07) is 11.5. The van der Waals surface area contributed by atoms with Crippen LogP contribution in [0.15, 0.2) is 48.8 Å². The first kappa shape index (κ1) is 15.3. The van der Waals surface area contributed by atoms with Gasteiger partial charge < -0.3 is 11.1 Å². The molecule has 0 aliphatic carbocycles. The van der Waals surface area contributed by atoms with Gasteiger partial charge in [0, 0.05) is 23.3 Å². The number of anilines is 2. The molecule has 3 heterocycles. The molecule has 4 rings (SSSR count). The number of fused-ring (bicyclic) bond motifs is 1. The summed E-state index contributed by atoms with van der Waals surface area (Å²) >= 11 is 5.86. The fourth-order valence-electron chi connectivity index (χ4n) is 2.55. The Morgan fingerprint density at radius 2 is 2.04 bits per heavy atom. The molecule has 25 heavy (non-hydrogen) atoms. The Kier molecular flexibility index (Phi) is 3.91. The normalized spacial score (nSPS) is 10.9. The predicted octanol–water partition coefficient (Wildman–Crippen LogP) is 3.26. The number of nitrogen functional groups attached to an aromatic ring is 1. The van der Waals surface area contributed by atoms with Gasteiger partial charge in [-0.2, -0.15) is 10.1 Å². The zero-order valence-corrected chi connectivity index (χ0v) is 13.8. The van der Waals surface area contributed by atoms with Crippen LogP contribution in [0, 0.1) is 0 Å². The molecule has 0 spiro atoms. The Morgan fingerprint density at radius 1 is 1.12 bits per heavy atom. The number of aromatic nitrogens is 5. The molecule has 1 aromatic carbocycles. The lowest BCUT2D eigenvalue weighted by atomic mass is 10.1. The minimum atomic E-state index is 0.209. The Morgan fingerprint density at radius 3 is 2.80 bits per heavy atom. The number of nitrogens with one attached hydrogen (secondary N) is 2. The van der Waals surface area contributed by atoms with Gasteiger partial charge in [-0.3, -0.25) is 10.1 Å². The second kappa shape index (κ2) is 6.37. The minimum absolute atomic E-state index is 0.209. The van der Waals surface area contributed by atoms with Crippen molar-refractivity contribution in [1.29, 1.82) is 0 Å². The molecule has 0 saturated carbocycles. The predicted molar refractivity (Wildman–Crippen MR) is 98.1 cm³/mol. The van der Waals surface area contributed by atoms with Crippen molar-refractivity contribution in [2.45, 2.75) is 6.54 Å². The summed E-state index contributed by atoms with van der Waals surface area (Å²) in [6.45, 7) is 0.505. The molecule has 0 saturated heterocycles. The highest BCUT2D eigenvalue weighted by Gasteiger charge is 2.09. The van der Waals surface area contributed by atoms with Crippen LogP contribution < -0.4 is 11.1 Å². The highest BCUT2D eigenvalue weighted by atomic mass is 35.5. The summed E-state index contributed by atoms with van der Waals surface area (Å²) in [5.74, 6) is 0.872. The highest BCUT2D eigenvalue weighted by molar-refractivity contribution is 6.30. The number of benzene rings is 1. The third-order valence-corrected chi connectivity index (χ3v) is 3.98. The molecule has 0 amide bonds. The molecule has 0 aliphatic heterocycles. The van der Waals surface area contributed by atoms with E-state index in [4.69, 9.17) is 17.3 Å².